The van der Waals surface area contributed by atoms with E-state index in [4.69, 9.17) is 4.74 Å². The Labute approximate surface area is 115 Å². The molecule has 0 bridgehead atoms. The number of anilines is 2. The van der Waals surface area contributed by atoms with E-state index in [0.717, 1.165) is 25.9 Å². The van der Waals surface area contributed by atoms with Gasteiger partial charge in [-0.3, -0.25) is 0 Å². The largest absolute Gasteiger partial charge is 0.461 e. The van der Waals surface area contributed by atoms with Gasteiger partial charge in [0, 0.05) is 20.1 Å². The van der Waals surface area contributed by atoms with Crippen molar-refractivity contribution in [3.05, 3.63) is 0 Å². The number of rotatable bonds is 8. The van der Waals surface area contributed by atoms with Gasteiger partial charge in [0.1, 0.15) is 0 Å². The number of aromatic nitrogens is 3. The first kappa shape index (κ1) is 15.5. The van der Waals surface area contributed by atoms with Crippen LogP contribution in [0.25, 0.3) is 0 Å². The van der Waals surface area contributed by atoms with Crippen molar-refractivity contribution in [2.45, 2.75) is 46.6 Å². The molecule has 1 aromatic rings. The minimum absolute atomic E-state index is 0.0470. The Morgan fingerprint density at radius 2 is 1.89 bits per heavy atom. The van der Waals surface area contributed by atoms with E-state index in [1.54, 1.807) is 0 Å². The number of ether oxygens (including phenoxy) is 1. The van der Waals surface area contributed by atoms with E-state index in [1.165, 1.54) is 0 Å². The molecule has 0 atom stereocenters. The molecule has 19 heavy (non-hydrogen) atoms. The van der Waals surface area contributed by atoms with E-state index < -0.39 is 0 Å². The summed E-state index contributed by atoms with van der Waals surface area (Å²) in [5, 5.41) is 3.18. The first-order valence-corrected chi connectivity index (χ1v) is 6.94. The molecule has 6 heteroatoms. The second-order valence-electron chi connectivity index (χ2n) is 4.76. The molecule has 0 amide bonds. The van der Waals surface area contributed by atoms with E-state index in [1.807, 2.05) is 25.8 Å². The quantitative estimate of drug-likeness (QED) is 0.780. The fourth-order valence-electron chi connectivity index (χ4n) is 1.53. The van der Waals surface area contributed by atoms with Gasteiger partial charge in [-0.1, -0.05) is 13.8 Å². The van der Waals surface area contributed by atoms with Gasteiger partial charge in [0.2, 0.25) is 11.9 Å². The van der Waals surface area contributed by atoms with Crippen molar-refractivity contribution in [3.63, 3.8) is 0 Å². The van der Waals surface area contributed by atoms with Gasteiger partial charge >= 0.3 is 6.01 Å². The molecule has 1 heterocycles. The SMILES string of the molecule is CCCNc1nc(OC(C)C)nc(N(C)CCC)n1. The van der Waals surface area contributed by atoms with Crippen LogP contribution in [-0.4, -0.2) is 41.2 Å². The van der Waals surface area contributed by atoms with Crippen LogP contribution in [0, 0.1) is 0 Å². The Morgan fingerprint density at radius 3 is 2.47 bits per heavy atom. The normalized spacial score (nSPS) is 10.6. The summed E-state index contributed by atoms with van der Waals surface area (Å²) >= 11 is 0. The van der Waals surface area contributed by atoms with Crippen molar-refractivity contribution in [1.82, 2.24) is 15.0 Å². The second-order valence-corrected chi connectivity index (χ2v) is 4.76. The van der Waals surface area contributed by atoms with Crippen LogP contribution < -0.4 is 15.0 Å². The van der Waals surface area contributed by atoms with Crippen LogP contribution >= 0.6 is 0 Å². The topological polar surface area (TPSA) is 63.2 Å². The Hall–Kier alpha value is -1.59. The van der Waals surface area contributed by atoms with Crippen LogP contribution in [-0.2, 0) is 0 Å². The molecule has 0 aromatic carbocycles. The molecule has 0 saturated heterocycles. The predicted octanol–water partition coefficient (Wildman–Crippen LogP) is 2.33. The summed E-state index contributed by atoms with van der Waals surface area (Å²) in [4.78, 5) is 15.0. The zero-order chi connectivity index (χ0) is 14.3. The number of hydrogen-bond donors (Lipinski definition) is 1. The first-order valence-electron chi connectivity index (χ1n) is 6.94. The van der Waals surface area contributed by atoms with Crippen LogP contribution in [0.1, 0.15) is 40.5 Å². The van der Waals surface area contributed by atoms with Crippen molar-refractivity contribution in [3.8, 4) is 6.01 Å². The molecule has 108 valence electrons. The Kier molecular flexibility index (Phi) is 6.32. The van der Waals surface area contributed by atoms with E-state index in [2.05, 4.69) is 34.1 Å². The van der Waals surface area contributed by atoms with Gasteiger partial charge in [-0.05, 0) is 26.7 Å². The van der Waals surface area contributed by atoms with Crippen LogP contribution in [0.5, 0.6) is 6.01 Å². The van der Waals surface area contributed by atoms with Crippen LogP contribution in [0.3, 0.4) is 0 Å². The lowest BCUT2D eigenvalue weighted by Crippen LogP contribution is -2.22. The van der Waals surface area contributed by atoms with Gasteiger partial charge in [-0.15, -0.1) is 0 Å². The summed E-state index contributed by atoms with van der Waals surface area (Å²) in [5.74, 6) is 1.22. The Bertz CT molecular complexity index is 383. The van der Waals surface area contributed by atoms with E-state index in [0.29, 0.717) is 17.9 Å². The van der Waals surface area contributed by atoms with Gasteiger partial charge in [-0.2, -0.15) is 15.0 Å². The highest BCUT2D eigenvalue weighted by molar-refractivity contribution is 5.37. The number of nitrogens with one attached hydrogen (secondary N) is 1. The third-order valence-electron chi connectivity index (χ3n) is 2.38. The van der Waals surface area contributed by atoms with Gasteiger partial charge in [0.05, 0.1) is 6.10 Å². The molecular formula is C13H25N5O. The number of nitrogens with zero attached hydrogens (tertiary/aromatic N) is 4. The maximum Gasteiger partial charge on any atom is 0.323 e. The summed E-state index contributed by atoms with van der Waals surface area (Å²) in [5.41, 5.74) is 0. The summed E-state index contributed by atoms with van der Waals surface area (Å²) in [6.45, 7) is 9.88. The van der Waals surface area contributed by atoms with Crippen LogP contribution in [0.4, 0.5) is 11.9 Å². The zero-order valence-electron chi connectivity index (χ0n) is 12.6. The smallest absolute Gasteiger partial charge is 0.323 e. The molecule has 1 N–H and O–H groups in total. The van der Waals surface area contributed by atoms with Crippen LogP contribution in [0.2, 0.25) is 0 Å². The average molecular weight is 267 g/mol. The highest BCUT2D eigenvalue weighted by atomic mass is 16.5. The third kappa shape index (κ3) is 5.28. The summed E-state index contributed by atoms with van der Waals surface area (Å²) in [6.07, 6.45) is 2.11. The molecule has 0 aliphatic carbocycles. The fourth-order valence-corrected chi connectivity index (χ4v) is 1.53. The van der Waals surface area contributed by atoms with Gasteiger partial charge in [0.25, 0.3) is 0 Å². The molecule has 1 aromatic heterocycles. The van der Waals surface area contributed by atoms with E-state index >= 15 is 0 Å². The molecule has 0 aliphatic rings. The average Bonchev–Trinajstić information content (AvgIpc) is 2.35. The van der Waals surface area contributed by atoms with Crippen molar-refractivity contribution in [2.24, 2.45) is 0 Å². The van der Waals surface area contributed by atoms with Gasteiger partial charge in [0.15, 0.2) is 0 Å². The third-order valence-corrected chi connectivity index (χ3v) is 2.38. The lowest BCUT2D eigenvalue weighted by atomic mass is 10.4. The Balaban J connectivity index is 2.94. The minimum atomic E-state index is 0.0470. The predicted molar refractivity (Wildman–Crippen MR) is 77.9 cm³/mol. The lowest BCUT2D eigenvalue weighted by molar-refractivity contribution is 0.222. The standard InChI is InChI=1S/C13H25N5O/c1-6-8-14-11-15-12(18(5)9-7-2)17-13(16-11)19-10(3)4/h10H,6-9H2,1-5H3,(H,14,15,16,17). The summed E-state index contributed by atoms with van der Waals surface area (Å²) in [6, 6.07) is 0.376. The second kappa shape index (κ2) is 7.76. The highest BCUT2D eigenvalue weighted by Gasteiger charge is 2.11. The number of hydrogen-bond acceptors (Lipinski definition) is 6. The zero-order valence-corrected chi connectivity index (χ0v) is 12.6. The van der Waals surface area contributed by atoms with E-state index in [9.17, 15) is 0 Å². The maximum atomic E-state index is 5.57. The summed E-state index contributed by atoms with van der Waals surface area (Å²) in [7, 11) is 1.97. The highest BCUT2D eigenvalue weighted by Crippen LogP contribution is 2.15. The van der Waals surface area contributed by atoms with E-state index in [-0.39, 0.29) is 6.10 Å². The van der Waals surface area contributed by atoms with Gasteiger partial charge < -0.3 is 15.0 Å². The van der Waals surface area contributed by atoms with Crippen molar-refractivity contribution in [2.75, 3.05) is 30.4 Å². The molecule has 0 aliphatic heterocycles. The van der Waals surface area contributed by atoms with Crippen molar-refractivity contribution in [1.29, 1.82) is 0 Å². The summed E-state index contributed by atoms with van der Waals surface area (Å²) < 4.78 is 5.57. The molecule has 1 rings (SSSR count). The molecule has 0 saturated carbocycles. The molecule has 6 nitrogen and oxygen atoms in total. The maximum absolute atomic E-state index is 5.57. The fraction of sp³-hybridized carbons (Fsp3) is 0.769. The van der Waals surface area contributed by atoms with Crippen molar-refractivity contribution >= 4 is 11.9 Å². The van der Waals surface area contributed by atoms with Gasteiger partial charge in [-0.25, -0.2) is 0 Å². The monoisotopic (exact) mass is 267 g/mol. The molecule has 0 fully saturated rings. The molecular weight excluding hydrogens is 242 g/mol. The molecule has 0 unspecified atom stereocenters. The minimum Gasteiger partial charge on any atom is -0.461 e. The lowest BCUT2D eigenvalue weighted by Gasteiger charge is -2.18. The Morgan fingerprint density at radius 1 is 1.16 bits per heavy atom. The first-order chi connectivity index (χ1) is 9.06. The van der Waals surface area contributed by atoms with Crippen LogP contribution in [0.15, 0.2) is 0 Å². The molecule has 0 spiro atoms. The molecule has 0 radical (unpaired) electrons. The van der Waals surface area contributed by atoms with Crippen molar-refractivity contribution < 1.29 is 4.74 Å².